The Morgan fingerprint density at radius 1 is 0.577 bits per heavy atom. The first-order valence-corrected chi connectivity index (χ1v) is 8.80. The third-order valence-corrected chi connectivity index (χ3v) is 4.80. The van der Waals surface area contributed by atoms with Crippen molar-refractivity contribution >= 4 is 27.8 Å². The summed E-state index contributed by atoms with van der Waals surface area (Å²) in [6, 6.07) is 34.0. The fourth-order valence-corrected chi connectivity index (χ4v) is 3.59. The van der Waals surface area contributed by atoms with E-state index >= 15 is 0 Å². The number of nitrogens with one attached hydrogen (secondary N) is 1. The van der Waals surface area contributed by atoms with Crippen LogP contribution in [0.2, 0.25) is 0 Å². The zero-order valence-electron chi connectivity index (χ0n) is 14.3. The fraction of sp³-hybridized carbons (Fsp3) is 0. The van der Waals surface area contributed by atoms with Crippen LogP contribution in [0.3, 0.4) is 0 Å². The monoisotopic (exact) mass is 334 g/mol. The van der Waals surface area contributed by atoms with Crippen molar-refractivity contribution in [3.8, 4) is 11.3 Å². The number of hydrogen-bond donors (Lipinski definition) is 1. The van der Waals surface area contributed by atoms with Gasteiger partial charge >= 0.3 is 0 Å². The van der Waals surface area contributed by atoms with Crippen LogP contribution < -0.4 is 4.90 Å². The predicted molar refractivity (Wildman–Crippen MR) is 110 cm³/mol. The van der Waals surface area contributed by atoms with E-state index in [9.17, 15) is 0 Å². The fourth-order valence-electron chi connectivity index (χ4n) is 3.59. The van der Waals surface area contributed by atoms with Gasteiger partial charge in [-0.25, -0.2) is 0 Å². The summed E-state index contributed by atoms with van der Waals surface area (Å²) >= 11 is 0. The molecule has 0 amide bonds. The van der Waals surface area contributed by atoms with Crippen LogP contribution in [0.25, 0.3) is 22.0 Å². The summed E-state index contributed by atoms with van der Waals surface area (Å²) in [5.74, 6) is 0. The maximum Gasteiger partial charge on any atom is 0.0628 e. The van der Waals surface area contributed by atoms with Crippen LogP contribution in [0.5, 0.6) is 0 Å². The first kappa shape index (κ1) is 14.8. The molecule has 3 aromatic rings. The van der Waals surface area contributed by atoms with Crippen molar-refractivity contribution in [1.29, 1.82) is 0 Å². The first-order valence-electron chi connectivity index (χ1n) is 8.80. The molecule has 0 fully saturated rings. The third-order valence-electron chi connectivity index (χ3n) is 4.80. The quantitative estimate of drug-likeness (QED) is 0.387. The van der Waals surface area contributed by atoms with Crippen LogP contribution in [0.4, 0.5) is 17.1 Å². The van der Waals surface area contributed by atoms with E-state index in [2.05, 4.69) is 101 Å². The predicted octanol–water partition coefficient (Wildman–Crippen LogP) is 6.74. The van der Waals surface area contributed by atoms with Gasteiger partial charge in [-0.05, 0) is 47.2 Å². The molecule has 0 unspecified atom stereocenters. The summed E-state index contributed by atoms with van der Waals surface area (Å²) in [6.07, 6.45) is 2.08. The van der Waals surface area contributed by atoms with E-state index in [-0.39, 0.29) is 0 Å². The van der Waals surface area contributed by atoms with Crippen molar-refractivity contribution < 1.29 is 0 Å². The second-order valence-corrected chi connectivity index (χ2v) is 6.42. The minimum absolute atomic E-state index is 1.12. The van der Waals surface area contributed by atoms with Crippen molar-refractivity contribution in [3.05, 3.63) is 103 Å². The molecule has 0 saturated carbocycles. The number of anilines is 3. The van der Waals surface area contributed by atoms with Gasteiger partial charge < -0.3 is 9.88 Å². The highest BCUT2D eigenvalue weighted by Gasteiger charge is 2.16. The molecular weight excluding hydrogens is 316 g/mol. The SMILES string of the molecule is c1ccc(N(c2ccccc2)c2c[nH]c3cc4ccccc4c-3c2)cc1. The average Bonchev–Trinajstić information content (AvgIpc) is 3.08. The van der Waals surface area contributed by atoms with Gasteiger partial charge in [0.15, 0.2) is 0 Å². The Morgan fingerprint density at radius 2 is 1.19 bits per heavy atom. The molecule has 26 heavy (non-hydrogen) atoms. The molecule has 2 heteroatoms. The zero-order chi connectivity index (χ0) is 17.3. The van der Waals surface area contributed by atoms with E-state index in [1.807, 2.05) is 12.1 Å². The van der Waals surface area contributed by atoms with Crippen LogP contribution in [0, 0.1) is 0 Å². The summed E-state index contributed by atoms with van der Waals surface area (Å²) in [6.45, 7) is 0. The molecule has 0 aromatic heterocycles. The number of benzene rings is 3. The molecule has 1 aliphatic carbocycles. The molecular formula is C24H18N2. The maximum atomic E-state index is 3.49. The molecule has 0 atom stereocenters. The van der Waals surface area contributed by atoms with Gasteiger partial charge in [0.25, 0.3) is 0 Å². The number of rotatable bonds is 3. The lowest BCUT2D eigenvalue weighted by atomic mass is 10.1. The van der Waals surface area contributed by atoms with E-state index in [0.717, 1.165) is 22.8 Å². The Hall–Kier alpha value is -3.52. The van der Waals surface area contributed by atoms with Crippen molar-refractivity contribution in [2.24, 2.45) is 0 Å². The molecule has 1 aliphatic heterocycles. The number of H-pyrrole nitrogens is 1. The van der Waals surface area contributed by atoms with Gasteiger partial charge in [0.2, 0.25) is 0 Å². The molecule has 0 spiro atoms. The lowest BCUT2D eigenvalue weighted by molar-refractivity contribution is 1.23. The summed E-state index contributed by atoms with van der Waals surface area (Å²) in [5, 5.41) is 2.54. The van der Waals surface area contributed by atoms with Gasteiger partial charge in [-0.15, -0.1) is 0 Å². The van der Waals surface area contributed by atoms with E-state index in [4.69, 9.17) is 0 Å². The zero-order valence-corrected chi connectivity index (χ0v) is 14.3. The van der Waals surface area contributed by atoms with Gasteiger partial charge in [-0.2, -0.15) is 0 Å². The van der Waals surface area contributed by atoms with Crippen LogP contribution in [-0.2, 0) is 0 Å². The van der Waals surface area contributed by atoms with Gasteiger partial charge in [-0.3, -0.25) is 0 Å². The van der Waals surface area contributed by atoms with E-state index in [1.165, 1.54) is 16.3 Å². The summed E-state index contributed by atoms with van der Waals surface area (Å²) in [7, 11) is 0. The number of hydrogen-bond acceptors (Lipinski definition) is 1. The van der Waals surface area contributed by atoms with Crippen molar-refractivity contribution in [3.63, 3.8) is 0 Å². The second-order valence-electron chi connectivity index (χ2n) is 6.42. The molecule has 2 nitrogen and oxygen atoms in total. The standard InChI is InChI=1S/C24H18N2/c1-3-10-19(11-4-1)26(20-12-5-2-6-13-20)21-16-23-22-14-8-7-9-18(22)15-24(23)25-17-21/h1-17,25H. The molecule has 2 aliphatic rings. The Morgan fingerprint density at radius 3 is 1.88 bits per heavy atom. The first-order chi connectivity index (χ1) is 12.9. The Bertz CT molecular complexity index is 1090. The lowest BCUT2D eigenvalue weighted by Gasteiger charge is -2.25. The van der Waals surface area contributed by atoms with Crippen LogP contribution >= 0.6 is 0 Å². The number of pyridine rings is 1. The van der Waals surface area contributed by atoms with Gasteiger partial charge in [-0.1, -0.05) is 60.7 Å². The lowest BCUT2D eigenvalue weighted by Crippen LogP contribution is -2.10. The number of para-hydroxylation sites is 2. The van der Waals surface area contributed by atoms with Crippen LogP contribution in [-0.4, -0.2) is 4.98 Å². The highest BCUT2D eigenvalue weighted by atomic mass is 15.1. The normalized spacial score (nSPS) is 11.1. The summed E-state index contributed by atoms with van der Waals surface area (Å²) in [5.41, 5.74) is 5.81. The minimum Gasteiger partial charge on any atom is -0.359 e. The molecule has 0 radical (unpaired) electrons. The Balaban J connectivity index is 1.74. The third kappa shape index (κ3) is 2.44. The van der Waals surface area contributed by atoms with Gasteiger partial charge in [0.1, 0.15) is 0 Å². The van der Waals surface area contributed by atoms with E-state index < -0.39 is 0 Å². The summed E-state index contributed by atoms with van der Waals surface area (Å²) < 4.78 is 0. The topological polar surface area (TPSA) is 19.0 Å². The highest BCUT2D eigenvalue weighted by Crippen LogP contribution is 2.39. The molecule has 124 valence electrons. The molecule has 1 heterocycles. The molecule has 5 rings (SSSR count). The Labute approximate surface area is 152 Å². The van der Waals surface area contributed by atoms with Gasteiger partial charge in [0, 0.05) is 28.8 Å². The highest BCUT2D eigenvalue weighted by molar-refractivity contribution is 6.02. The molecule has 1 N–H and O–H groups in total. The van der Waals surface area contributed by atoms with E-state index in [0.29, 0.717) is 0 Å². The Kier molecular flexibility index (Phi) is 3.46. The number of aromatic nitrogens is 1. The smallest absolute Gasteiger partial charge is 0.0628 e. The minimum atomic E-state index is 1.12. The van der Waals surface area contributed by atoms with Crippen LogP contribution in [0.15, 0.2) is 103 Å². The second kappa shape index (κ2) is 6.08. The number of fused-ring (bicyclic) bond motifs is 3. The molecule has 0 saturated heterocycles. The van der Waals surface area contributed by atoms with Gasteiger partial charge in [0.05, 0.1) is 5.69 Å². The van der Waals surface area contributed by atoms with E-state index in [1.54, 1.807) is 0 Å². The van der Waals surface area contributed by atoms with Crippen molar-refractivity contribution in [2.75, 3.05) is 4.90 Å². The van der Waals surface area contributed by atoms with Crippen molar-refractivity contribution in [2.45, 2.75) is 0 Å². The number of aromatic amines is 1. The molecule has 3 aromatic carbocycles. The average molecular weight is 334 g/mol. The largest absolute Gasteiger partial charge is 0.359 e. The number of nitrogens with zero attached hydrogens (tertiary/aromatic N) is 1. The van der Waals surface area contributed by atoms with Crippen molar-refractivity contribution in [1.82, 2.24) is 4.98 Å². The molecule has 0 bridgehead atoms. The van der Waals surface area contributed by atoms with Crippen LogP contribution in [0.1, 0.15) is 0 Å². The maximum absolute atomic E-state index is 3.49. The summed E-state index contributed by atoms with van der Waals surface area (Å²) in [4.78, 5) is 5.76.